The summed E-state index contributed by atoms with van der Waals surface area (Å²) in [6.07, 6.45) is -0.365. The summed E-state index contributed by atoms with van der Waals surface area (Å²) in [6.45, 7) is 1.03. The number of hydrogen-bond donors (Lipinski definition) is 2. The summed E-state index contributed by atoms with van der Waals surface area (Å²) < 4.78 is 4.41. The van der Waals surface area contributed by atoms with Crippen LogP contribution in [0.2, 0.25) is 0 Å². The fourth-order valence-electron chi connectivity index (χ4n) is 0.850. The predicted octanol–water partition coefficient (Wildman–Crippen LogP) is -0.798. The van der Waals surface area contributed by atoms with Gasteiger partial charge in [0.1, 0.15) is 0 Å². The van der Waals surface area contributed by atoms with E-state index in [1.54, 1.807) is 0 Å². The first-order valence-electron chi connectivity index (χ1n) is 4.07. The number of Topliss-reactive ketones (excluding diaryl/α,β-unsaturated/α-hetero) is 1. The van der Waals surface area contributed by atoms with Crippen molar-refractivity contribution < 1.29 is 29.3 Å². The van der Waals surface area contributed by atoms with Crippen LogP contribution >= 0.6 is 0 Å². The number of aliphatic hydroxyl groups is 1. The van der Waals surface area contributed by atoms with E-state index in [1.165, 1.54) is 6.92 Å². The van der Waals surface area contributed by atoms with Crippen LogP contribution in [0.3, 0.4) is 0 Å². The molecule has 0 rings (SSSR count). The van der Waals surface area contributed by atoms with Crippen LogP contribution in [-0.4, -0.2) is 41.1 Å². The van der Waals surface area contributed by atoms with Crippen LogP contribution < -0.4 is 0 Å². The number of hydrogen-bond acceptors (Lipinski definition) is 5. The molecule has 0 spiro atoms. The molecule has 0 bridgehead atoms. The minimum atomic E-state index is -1.82. The van der Waals surface area contributed by atoms with Gasteiger partial charge in [0.2, 0.25) is 5.92 Å². The second-order valence-corrected chi connectivity index (χ2v) is 2.46. The Labute approximate surface area is 80.5 Å². The zero-order valence-electron chi connectivity index (χ0n) is 7.73. The van der Waals surface area contributed by atoms with Crippen LogP contribution in [0.15, 0.2) is 0 Å². The molecule has 1 atom stereocenters. The molecule has 6 heteroatoms. The Morgan fingerprint density at radius 1 is 1.36 bits per heavy atom. The quantitative estimate of drug-likeness (QED) is 0.434. The lowest BCUT2D eigenvalue weighted by atomic mass is 10.0. The Morgan fingerprint density at radius 3 is 2.29 bits per heavy atom. The van der Waals surface area contributed by atoms with Crippen LogP contribution in [0.1, 0.15) is 13.3 Å². The molecule has 0 aliphatic rings. The Kier molecular flexibility index (Phi) is 5.47. The molecule has 0 aliphatic carbocycles. The fraction of sp³-hybridized carbons (Fsp3) is 0.625. The summed E-state index contributed by atoms with van der Waals surface area (Å²) >= 11 is 0. The van der Waals surface area contributed by atoms with E-state index in [1.807, 2.05) is 0 Å². The molecule has 0 saturated heterocycles. The minimum absolute atomic E-state index is 0.00895. The standard InChI is InChI=1S/C8H12O6/c1-2-14-8(13)6(7(11)12)5(10)3-4-9/h6,9H,2-4H2,1H3,(H,11,12). The van der Waals surface area contributed by atoms with Gasteiger partial charge in [0.25, 0.3) is 0 Å². The Balaban J connectivity index is 4.51. The third-order valence-electron chi connectivity index (χ3n) is 1.45. The Morgan fingerprint density at radius 2 is 1.93 bits per heavy atom. The van der Waals surface area contributed by atoms with Gasteiger partial charge in [-0.3, -0.25) is 14.4 Å². The number of carbonyl (C=O) groups is 3. The maximum Gasteiger partial charge on any atom is 0.328 e. The summed E-state index contributed by atoms with van der Waals surface area (Å²) in [7, 11) is 0. The third kappa shape index (κ3) is 3.53. The molecule has 0 aliphatic heterocycles. The fourth-order valence-corrected chi connectivity index (χ4v) is 0.850. The summed E-state index contributed by atoms with van der Waals surface area (Å²) in [6, 6.07) is 0. The van der Waals surface area contributed by atoms with Gasteiger partial charge < -0.3 is 14.9 Å². The number of carboxylic acids is 1. The van der Waals surface area contributed by atoms with E-state index < -0.39 is 30.2 Å². The topological polar surface area (TPSA) is 101 Å². The minimum Gasteiger partial charge on any atom is -0.480 e. The normalized spacial score (nSPS) is 11.9. The lowest BCUT2D eigenvalue weighted by Gasteiger charge is -2.08. The summed E-state index contributed by atoms with van der Waals surface area (Å²) in [5, 5.41) is 17.0. The number of carboxylic acid groups (broad SMARTS) is 1. The number of aliphatic carboxylic acids is 1. The van der Waals surface area contributed by atoms with Crippen molar-refractivity contribution in [2.75, 3.05) is 13.2 Å². The van der Waals surface area contributed by atoms with Crippen LogP contribution in [0, 0.1) is 5.92 Å². The van der Waals surface area contributed by atoms with Gasteiger partial charge in [0.15, 0.2) is 5.78 Å². The molecular weight excluding hydrogens is 192 g/mol. The molecular formula is C8H12O6. The average molecular weight is 204 g/mol. The molecule has 0 heterocycles. The molecule has 0 fully saturated rings. The molecule has 2 N–H and O–H groups in total. The summed E-state index contributed by atoms with van der Waals surface area (Å²) in [5.74, 6) is -5.30. The molecule has 1 unspecified atom stereocenters. The highest BCUT2D eigenvalue weighted by molar-refractivity contribution is 6.14. The van der Waals surface area contributed by atoms with E-state index >= 15 is 0 Å². The second-order valence-electron chi connectivity index (χ2n) is 2.46. The van der Waals surface area contributed by atoms with E-state index in [4.69, 9.17) is 10.2 Å². The Hall–Kier alpha value is -1.43. The van der Waals surface area contributed by atoms with Crippen molar-refractivity contribution in [2.45, 2.75) is 13.3 Å². The largest absolute Gasteiger partial charge is 0.480 e. The van der Waals surface area contributed by atoms with E-state index in [9.17, 15) is 14.4 Å². The van der Waals surface area contributed by atoms with Gasteiger partial charge in [-0.2, -0.15) is 0 Å². The maximum absolute atomic E-state index is 11.1. The number of esters is 1. The number of ether oxygens (including phenoxy) is 1. The molecule has 0 aromatic heterocycles. The smallest absolute Gasteiger partial charge is 0.328 e. The lowest BCUT2D eigenvalue weighted by molar-refractivity contribution is -0.161. The van der Waals surface area contributed by atoms with Crippen molar-refractivity contribution in [2.24, 2.45) is 5.92 Å². The SMILES string of the molecule is CCOC(=O)C(C(=O)O)C(=O)CCO. The van der Waals surface area contributed by atoms with Crippen molar-refractivity contribution in [1.29, 1.82) is 0 Å². The van der Waals surface area contributed by atoms with Crippen molar-refractivity contribution in [3.05, 3.63) is 0 Å². The van der Waals surface area contributed by atoms with Crippen molar-refractivity contribution in [3.63, 3.8) is 0 Å². The summed E-state index contributed by atoms with van der Waals surface area (Å²) in [4.78, 5) is 32.6. The molecule has 6 nitrogen and oxygen atoms in total. The molecule has 0 aromatic carbocycles. The van der Waals surface area contributed by atoms with Gasteiger partial charge >= 0.3 is 11.9 Å². The number of aliphatic hydroxyl groups excluding tert-OH is 1. The maximum atomic E-state index is 11.1. The van der Waals surface area contributed by atoms with Gasteiger partial charge in [0.05, 0.1) is 13.2 Å². The highest BCUT2D eigenvalue weighted by Crippen LogP contribution is 2.05. The molecule has 14 heavy (non-hydrogen) atoms. The van der Waals surface area contributed by atoms with Crippen molar-refractivity contribution in [1.82, 2.24) is 0 Å². The molecule has 80 valence electrons. The van der Waals surface area contributed by atoms with Gasteiger partial charge in [-0.25, -0.2) is 0 Å². The van der Waals surface area contributed by atoms with Crippen LogP contribution in [0.5, 0.6) is 0 Å². The molecule has 0 saturated carbocycles. The van der Waals surface area contributed by atoms with Crippen LogP contribution in [-0.2, 0) is 19.1 Å². The van der Waals surface area contributed by atoms with Gasteiger partial charge in [-0.1, -0.05) is 0 Å². The molecule has 0 aromatic rings. The molecule has 0 amide bonds. The average Bonchev–Trinajstić information content (AvgIpc) is 2.04. The number of ketones is 1. The highest BCUT2D eigenvalue weighted by Gasteiger charge is 2.34. The van der Waals surface area contributed by atoms with Gasteiger partial charge in [-0.05, 0) is 6.92 Å². The monoisotopic (exact) mass is 204 g/mol. The third-order valence-corrected chi connectivity index (χ3v) is 1.45. The zero-order chi connectivity index (χ0) is 11.1. The lowest BCUT2D eigenvalue weighted by Crippen LogP contribution is -2.33. The Bertz CT molecular complexity index is 216. The number of carbonyl (C=O) groups excluding carboxylic acids is 2. The predicted molar refractivity (Wildman–Crippen MR) is 44.5 cm³/mol. The van der Waals surface area contributed by atoms with E-state index in [0.29, 0.717) is 0 Å². The number of rotatable bonds is 6. The van der Waals surface area contributed by atoms with Crippen molar-refractivity contribution in [3.8, 4) is 0 Å². The summed E-state index contributed by atoms with van der Waals surface area (Å²) in [5.41, 5.74) is 0. The van der Waals surface area contributed by atoms with E-state index in [0.717, 1.165) is 0 Å². The zero-order valence-corrected chi connectivity index (χ0v) is 7.73. The van der Waals surface area contributed by atoms with Crippen molar-refractivity contribution >= 4 is 17.7 Å². The first-order valence-corrected chi connectivity index (χ1v) is 4.07. The van der Waals surface area contributed by atoms with Gasteiger partial charge in [0, 0.05) is 6.42 Å². The first-order chi connectivity index (χ1) is 6.54. The molecule has 0 radical (unpaired) electrons. The van der Waals surface area contributed by atoms with E-state index in [-0.39, 0.29) is 13.0 Å². The second kappa shape index (κ2) is 6.09. The first kappa shape index (κ1) is 12.6. The van der Waals surface area contributed by atoms with Gasteiger partial charge in [-0.15, -0.1) is 0 Å². The highest BCUT2D eigenvalue weighted by atomic mass is 16.5. The van der Waals surface area contributed by atoms with E-state index in [2.05, 4.69) is 4.74 Å². The van der Waals surface area contributed by atoms with Crippen LogP contribution in [0.4, 0.5) is 0 Å². The van der Waals surface area contributed by atoms with Crippen LogP contribution in [0.25, 0.3) is 0 Å².